The molecule has 1 fully saturated rings. The summed E-state index contributed by atoms with van der Waals surface area (Å²) in [7, 11) is 1.99. The van der Waals surface area contributed by atoms with E-state index in [2.05, 4.69) is 16.5 Å². The van der Waals surface area contributed by atoms with Crippen LogP contribution >= 0.6 is 0 Å². The van der Waals surface area contributed by atoms with Crippen molar-refractivity contribution in [3.05, 3.63) is 83.5 Å². The minimum atomic E-state index is -0.887. The summed E-state index contributed by atoms with van der Waals surface area (Å²) in [6.45, 7) is 4.86. The van der Waals surface area contributed by atoms with Crippen molar-refractivity contribution in [1.82, 2.24) is 14.6 Å². The third-order valence-corrected chi connectivity index (χ3v) is 8.25. The zero-order valence-electron chi connectivity index (χ0n) is 19.5. The number of quaternary nitrogens is 2. The van der Waals surface area contributed by atoms with Crippen molar-refractivity contribution in [2.24, 2.45) is 5.10 Å². The van der Waals surface area contributed by atoms with Crippen LogP contribution in [0.5, 0.6) is 0 Å². The van der Waals surface area contributed by atoms with E-state index in [-0.39, 0.29) is 34.0 Å². The molecule has 2 aromatic heterocycles. The molecule has 8 rings (SSSR count). The standard InChI is InChI=1S/C26H23F4N6/c1-14-8-17-18-10-16(27)11-19(28)22(18)25-31-6-3-7-34(25)20(17)5-4-15-9-21(29)33-24(30)23(15)36-13-35(2,12-32-36)26(14)36/h3,6-7,9-12,17,20,26H,1,4-5,8,13H2,2H3/q+3. The summed E-state index contributed by atoms with van der Waals surface area (Å²) in [4.78, 5) is 7.93. The SMILES string of the molecule is C=C1CC2c3cc(F)cc(F)c3-c3nccc[n+]3C2CCc2cc(F)nc(F)c2[N+]23C[N+](C)(C=N2)C13. The second-order valence-corrected chi connectivity index (χ2v) is 10.4. The number of likely N-dealkylation sites (N-methyl/N-ethyl adjacent to an activating group) is 1. The minimum absolute atomic E-state index is 0.0587. The van der Waals surface area contributed by atoms with E-state index in [1.807, 2.05) is 17.8 Å². The van der Waals surface area contributed by atoms with Gasteiger partial charge in [-0.3, -0.25) is 0 Å². The molecule has 7 heterocycles. The first-order chi connectivity index (χ1) is 17.2. The maximum atomic E-state index is 15.3. The van der Waals surface area contributed by atoms with Gasteiger partial charge in [-0.1, -0.05) is 11.2 Å². The average Bonchev–Trinajstić information content (AvgIpc) is 3.30. The van der Waals surface area contributed by atoms with Gasteiger partial charge in [-0.25, -0.2) is 13.3 Å². The van der Waals surface area contributed by atoms with Crippen LogP contribution in [0.3, 0.4) is 0 Å². The Hall–Kier alpha value is -3.50. The van der Waals surface area contributed by atoms with Crippen molar-refractivity contribution in [3.8, 4) is 11.4 Å². The topological polar surface area (TPSA) is 42.0 Å². The number of nitrogens with zero attached hydrogens (tertiary/aromatic N) is 6. The predicted molar refractivity (Wildman–Crippen MR) is 123 cm³/mol. The van der Waals surface area contributed by atoms with E-state index >= 15 is 8.78 Å². The van der Waals surface area contributed by atoms with Gasteiger partial charge in [-0.2, -0.15) is 18.2 Å². The normalized spacial score (nSPS) is 31.5. The quantitative estimate of drug-likeness (QED) is 0.154. The second-order valence-electron chi connectivity index (χ2n) is 10.4. The summed E-state index contributed by atoms with van der Waals surface area (Å²) in [5.74, 6) is -2.98. The van der Waals surface area contributed by atoms with Gasteiger partial charge in [0.05, 0.1) is 13.2 Å². The van der Waals surface area contributed by atoms with Gasteiger partial charge >= 0.3 is 5.82 Å². The molecule has 1 spiro atoms. The third kappa shape index (κ3) is 2.68. The summed E-state index contributed by atoms with van der Waals surface area (Å²) in [5.41, 5.74) is 2.37. The Kier molecular flexibility index (Phi) is 4.26. The number of aryl methyl sites for hydroxylation is 1. The van der Waals surface area contributed by atoms with Crippen LogP contribution in [0.15, 0.2) is 53.9 Å². The maximum absolute atomic E-state index is 15.3. The first kappa shape index (κ1) is 21.8. The van der Waals surface area contributed by atoms with E-state index in [1.165, 1.54) is 12.1 Å². The van der Waals surface area contributed by atoms with E-state index in [9.17, 15) is 8.78 Å². The molecule has 5 aliphatic rings. The highest BCUT2D eigenvalue weighted by molar-refractivity contribution is 5.64. The van der Waals surface area contributed by atoms with Crippen molar-refractivity contribution in [1.29, 1.82) is 0 Å². The molecule has 10 heteroatoms. The van der Waals surface area contributed by atoms with Gasteiger partial charge in [0.25, 0.3) is 25.1 Å². The van der Waals surface area contributed by atoms with Crippen molar-refractivity contribution < 1.29 is 26.6 Å². The Morgan fingerprint density at radius 3 is 2.78 bits per heavy atom. The summed E-state index contributed by atoms with van der Waals surface area (Å²) in [6.07, 6.45) is 6.07. The molecule has 0 amide bonds. The Bertz CT molecular complexity index is 1520. The Balaban J connectivity index is 1.46. The molecular weight excluding hydrogens is 472 g/mol. The zero-order chi connectivity index (χ0) is 25.0. The minimum Gasteiger partial charge on any atom is -0.227 e. The first-order valence-electron chi connectivity index (χ1n) is 11.9. The number of hydrogen-bond donors (Lipinski definition) is 0. The molecule has 182 valence electrons. The molecule has 2 bridgehead atoms. The second kappa shape index (κ2) is 7.04. The highest BCUT2D eigenvalue weighted by Gasteiger charge is 2.74. The lowest BCUT2D eigenvalue weighted by atomic mass is 9.76. The zero-order valence-corrected chi connectivity index (χ0v) is 19.5. The summed E-state index contributed by atoms with van der Waals surface area (Å²) in [6, 6.07) is 5.06. The highest BCUT2D eigenvalue weighted by Crippen LogP contribution is 2.54. The monoisotopic (exact) mass is 495 g/mol. The largest absolute Gasteiger partial charge is 0.333 e. The smallest absolute Gasteiger partial charge is 0.227 e. The molecule has 6 nitrogen and oxygen atoms in total. The lowest BCUT2D eigenvalue weighted by molar-refractivity contribution is -0.901. The number of pyridine rings is 1. The number of rotatable bonds is 0. The molecule has 36 heavy (non-hydrogen) atoms. The van der Waals surface area contributed by atoms with Crippen LogP contribution in [0, 0.1) is 23.5 Å². The molecule has 1 saturated heterocycles. The molecule has 5 unspecified atom stereocenters. The van der Waals surface area contributed by atoms with Crippen LogP contribution in [0.25, 0.3) is 11.4 Å². The van der Waals surface area contributed by atoms with Crippen LogP contribution in [-0.4, -0.2) is 40.7 Å². The lowest BCUT2D eigenvalue weighted by Crippen LogP contribution is -2.79. The average molecular weight is 496 g/mol. The number of halogens is 4. The van der Waals surface area contributed by atoms with E-state index in [0.717, 1.165) is 11.6 Å². The fraction of sp³-hybridized carbons (Fsp3) is 0.308. The van der Waals surface area contributed by atoms with Crippen LogP contribution in [0.1, 0.15) is 35.9 Å². The third-order valence-electron chi connectivity index (χ3n) is 8.25. The van der Waals surface area contributed by atoms with Gasteiger partial charge in [-0.05, 0) is 41.0 Å². The molecule has 0 saturated carbocycles. The Morgan fingerprint density at radius 2 is 1.97 bits per heavy atom. The van der Waals surface area contributed by atoms with Crippen molar-refractivity contribution in [2.75, 3.05) is 13.7 Å². The van der Waals surface area contributed by atoms with Gasteiger partial charge in [0.2, 0.25) is 11.6 Å². The molecule has 0 aliphatic carbocycles. The van der Waals surface area contributed by atoms with Crippen LogP contribution in [0.2, 0.25) is 0 Å². The Morgan fingerprint density at radius 1 is 1.14 bits per heavy atom. The molecule has 0 N–H and O–H groups in total. The van der Waals surface area contributed by atoms with Crippen LogP contribution in [-0.2, 0) is 6.42 Å². The molecule has 5 atom stereocenters. The van der Waals surface area contributed by atoms with Crippen molar-refractivity contribution >= 4 is 12.0 Å². The number of fused-ring (bicyclic) bond motifs is 7. The number of benzene rings is 1. The molecule has 1 aromatic carbocycles. The van der Waals surface area contributed by atoms with Gasteiger partial charge in [0.1, 0.15) is 29.4 Å². The van der Waals surface area contributed by atoms with E-state index in [0.29, 0.717) is 47.4 Å². The summed E-state index contributed by atoms with van der Waals surface area (Å²) < 4.78 is 61.7. The molecule has 0 radical (unpaired) electrons. The molecule has 3 aromatic rings. The summed E-state index contributed by atoms with van der Waals surface area (Å²) >= 11 is 0. The van der Waals surface area contributed by atoms with E-state index < -0.39 is 23.5 Å². The lowest BCUT2D eigenvalue weighted by Gasteiger charge is -2.50. The van der Waals surface area contributed by atoms with Gasteiger partial charge in [0, 0.05) is 35.3 Å². The van der Waals surface area contributed by atoms with Crippen molar-refractivity contribution in [2.45, 2.75) is 37.4 Å². The van der Waals surface area contributed by atoms with Crippen molar-refractivity contribution in [3.63, 3.8) is 0 Å². The molecular formula is C26H23F4N6+3. The first-order valence-corrected chi connectivity index (χ1v) is 11.9. The number of hydrogen-bond acceptors (Lipinski definition) is 3. The van der Waals surface area contributed by atoms with Gasteiger partial charge < -0.3 is 0 Å². The predicted octanol–water partition coefficient (Wildman–Crippen LogP) is 4.23. The Labute approximate surface area is 204 Å². The van der Waals surface area contributed by atoms with E-state index in [1.54, 1.807) is 18.6 Å². The van der Waals surface area contributed by atoms with Crippen LogP contribution < -0.4 is 9.16 Å². The van der Waals surface area contributed by atoms with E-state index in [4.69, 9.17) is 5.10 Å². The maximum Gasteiger partial charge on any atom is 0.333 e. The fourth-order valence-electron chi connectivity index (χ4n) is 7.11. The van der Waals surface area contributed by atoms with Crippen LogP contribution in [0.4, 0.5) is 23.2 Å². The van der Waals surface area contributed by atoms with Gasteiger partial charge in [-0.15, -0.1) is 0 Å². The number of aromatic nitrogens is 3. The fourth-order valence-corrected chi connectivity index (χ4v) is 7.11. The van der Waals surface area contributed by atoms with Gasteiger partial charge in [0.15, 0.2) is 0 Å². The highest BCUT2D eigenvalue weighted by atomic mass is 19.1. The molecule has 5 aliphatic heterocycles. The summed E-state index contributed by atoms with van der Waals surface area (Å²) in [5, 5.41) is 4.69.